The van der Waals surface area contributed by atoms with Gasteiger partial charge in [0.15, 0.2) is 0 Å². The van der Waals surface area contributed by atoms with E-state index >= 15 is 0 Å². The van der Waals surface area contributed by atoms with E-state index in [1.165, 1.54) is 17.0 Å². The minimum absolute atomic E-state index is 0.00300. The zero-order chi connectivity index (χ0) is 19.2. The van der Waals surface area contributed by atoms with E-state index in [0.29, 0.717) is 15.9 Å². The van der Waals surface area contributed by atoms with Crippen LogP contribution in [0.1, 0.15) is 35.5 Å². The predicted molar refractivity (Wildman–Crippen MR) is 89.8 cm³/mol. The average molecular weight is 381 g/mol. The van der Waals surface area contributed by atoms with Crippen LogP contribution in [-0.4, -0.2) is 37.2 Å². The standard InChI is InChI=1S/C16H14ClFN4O4/c1-16(2)11-10(7-21(16)14(17)24)12(22(20-11)15(25)26)19-13(23)8-3-5-9(18)6-4-8/h3-6H,7H2,1-2H3,(H,19,23)(H,25,26). The van der Waals surface area contributed by atoms with Crippen molar-refractivity contribution in [1.29, 1.82) is 0 Å². The van der Waals surface area contributed by atoms with Crippen molar-refractivity contribution in [1.82, 2.24) is 14.7 Å². The van der Waals surface area contributed by atoms with Gasteiger partial charge in [0.05, 0.1) is 17.8 Å². The zero-order valence-electron chi connectivity index (χ0n) is 13.8. The van der Waals surface area contributed by atoms with Crippen molar-refractivity contribution in [3.05, 3.63) is 46.9 Å². The number of halogens is 2. The second-order valence-electron chi connectivity index (χ2n) is 6.23. The Labute approximate surface area is 152 Å². The number of aromatic nitrogens is 2. The fourth-order valence-corrected chi connectivity index (χ4v) is 3.18. The number of carbonyl (C=O) groups excluding carboxylic acids is 2. The Bertz CT molecular complexity index is 923. The number of anilines is 1. The molecule has 2 N–H and O–H groups in total. The maximum absolute atomic E-state index is 13.0. The first-order valence-electron chi connectivity index (χ1n) is 7.52. The molecule has 0 saturated heterocycles. The Balaban J connectivity index is 2.02. The molecule has 0 spiro atoms. The molecule has 8 nitrogen and oxygen atoms in total. The molecular formula is C16H14ClFN4O4. The fraction of sp³-hybridized carbons (Fsp3) is 0.250. The van der Waals surface area contributed by atoms with Gasteiger partial charge in [-0.1, -0.05) is 0 Å². The van der Waals surface area contributed by atoms with Gasteiger partial charge in [-0.3, -0.25) is 9.59 Å². The van der Waals surface area contributed by atoms with E-state index in [4.69, 9.17) is 11.6 Å². The maximum atomic E-state index is 13.0. The Morgan fingerprint density at radius 3 is 2.42 bits per heavy atom. The normalized spacial score (nSPS) is 14.8. The molecule has 2 aromatic rings. The molecule has 0 fully saturated rings. The van der Waals surface area contributed by atoms with E-state index < -0.39 is 28.7 Å². The minimum Gasteiger partial charge on any atom is -0.463 e. The van der Waals surface area contributed by atoms with Crippen molar-refractivity contribution in [2.75, 3.05) is 5.32 Å². The van der Waals surface area contributed by atoms with Gasteiger partial charge in [0, 0.05) is 11.1 Å². The molecule has 0 bridgehead atoms. The van der Waals surface area contributed by atoms with Gasteiger partial charge in [-0.15, -0.1) is 4.68 Å². The van der Waals surface area contributed by atoms with Crippen molar-refractivity contribution < 1.29 is 23.9 Å². The van der Waals surface area contributed by atoms with Gasteiger partial charge in [-0.05, 0) is 49.7 Å². The van der Waals surface area contributed by atoms with Crippen LogP contribution in [0.25, 0.3) is 0 Å². The van der Waals surface area contributed by atoms with Crippen molar-refractivity contribution in [3.63, 3.8) is 0 Å². The maximum Gasteiger partial charge on any atom is 0.434 e. The average Bonchev–Trinajstić information content (AvgIpc) is 3.03. The van der Waals surface area contributed by atoms with E-state index in [-0.39, 0.29) is 17.9 Å². The number of rotatable bonds is 2. The third-order valence-electron chi connectivity index (χ3n) is 4.29. The largest absolute Gasteiger partial charge is 0.463 e. The summed E-state index contributed by atoms with van der Waals surface area (Å²) in [5.41, 5.74) is -0.101. The number of nitrogens with zero attached hydrogens (tertiary/aromatic N) is 3. The van der Waals surface area contributed by atoms with Crippen LogP contribution in [0.5, 0.6) is 0 Å². The predicted octanol–water partition coefficient (Wildman–Crippen LogP) is 3.21. The molecule has 0 aliphatic carbocycles. The van der Waals surface area contributed by atoms with E-state index in [2.05, 4.69) is 10.4 Å². The van der Waals surface area contributed by atoms with Crippen LogP contribution in [-0.2, 0) is 12.1 Å². The number of benzene rings is 1. The molecule has 2 amide bonds. The first-order chi connectivity index (χ1) is 12.1. The summed E-state index contributed by atoms with van der Waals surface area (Å²) in [7, 11) is 0. The van der Waals surface area contributed by atoms with Crippen molar-refractivity contribution >= 4 is 34.8 Å². The molecule has 1 aliphatic rings. The number of nitrogens with one attached hydrogen (secondary N) is 1. The van der Waals surface area contributed by atoms with Crippen LogP contribution in [0.3, 0.4) is 0 Å². The smallest absolute Gasteiger partial charge is 0.434 e. The zero-order valence-corrected chi connectivity index (χ0v) is 14.5. The van der Waals surface area contributed by atoms with E-state index in [1.54, 1.807) is 13.8 Å². The number of hydrogen-bond acceptors (Lipinski definition) is 4. The van der Waals surface area contributed by atoms with Gasteiger partial charge in [0.2, 0.25) is 0 Å². The highest BCUT2D eigenvalue weighted by Crippen LogP contribution is 2.42. The van der Waals surface area contributed by atoms with Gasteiger partial charge in [-0.2, -0.15) is 5.10 Å². The Hall–Kier alpha value is -2.94. The molecule has 1 aliphatic heterocycles. The van der Waals surface area contributed by atoms with Gasteiger partial charge in [0.1, 0.15) is 11.6 Å². The van der Waals surface area contributed by atoms with Crippen molar-refractivity contribution in [2.24, 2.45) is 0 Å². The van der Waals surface area contributed by atoms with Gasteiger partial charge < -0.3 is 15.3 Å². The van der Waals surface area contributed by atoms with Crippen LogP contribution < -0.4 is 5.32 Å². The highest BCUT2D eigenvalue weighted by Gasteiger charge is 2.45. The quantitative estimate of drug-likeness (QED) is 0.615. The Kier molecular flexibility index (Phi) is 4.19. The first kappa shape index (κ1) is 17.9. The molecule has 136 valence electrons. The molecule has 0 unspecified atom stereocenters. The number of amides is 2. The lowest BCUT2D eigenvalue weighted by atomic mass is 10.0. The fourth-order valence-electron chi connectivity index (χ4n) is 2.91. The monoisotopic (exact) mass is 380 g/mol. The third-order valence-corrected chi connectivity index (χ3v) is 4.49. The number of carboxylic acid groups (broad SMARTS) is 1. The summed E-state index contributed by atoms with van der Waals surface area (Å²) in [6.07, 6.45) is -1.40. The molecule has 1 aromatic carbocycles. The summed E-state index contributed by atoms with van der Waals surface area (Å²) in [5.74, 6) is -1.21. The lowest BCUT2D eigenvalue weighted by Gasteiger charge is -2.29. The second-order valence-corrected chi connectivity index (χ2v) is 6.55. The molecule has 10 heteroatoms. The molecule has 0 radical (unpaired) electrons. The number of fused-ring (bicyclic) bond motifs is 1. The summed E-state index contributed by atoms with van der Waals surface area (Å²) in [6.45, 7) is 3.34. The van der Waals surface area contributed by atoms with Gasteiger partial charge >= 0.3 is 11.5 Å². The van der Waals surface area contributed by atoms with E-state index in [9.17, 15) is 23.9 Å². The molecular weight excluding hydrogens is 367 g/mol. The molecule has 0 atom stereocenters. The Morgan fingerprint density at radius 1 is 1.27 bits per heavy atom. The van der Waals surface area contributed by atoms with Crippen LogP contribution in [0.15, 0.2) is 24.3 Å². The molecule has 0 saturated carbocycles. The number of carbonyl (C=O) groups is 3. The highest BCUT2D eigenvalue weighted by atomic mass is 35.5. The molecule has 26 heavy (non-hydrogen) atoms. The summed E-state index contributed by atoms with van der Waals surface area (Å²) < 4.78 is 13.7. The minimum atomic E-state index is -1.40. The van der Waals surface area contributed by atoms with E-state index in [0.717, 1.165) is 12.1 Å². The van der Waals surface area contributed by atoms with Crippen LogP contribution in [0, 0.1) is 5.82 Å². The lowest BCUT2D eigenvalue weighted by Crippen LogP contribution is -2.38. The molecule has 3 rings (SSSR count). The van der Waals surface area contributed by atoms with Crippen molar-refractivity contribution in [2.45, 2.75) is 25.9 Å². The van der Waals surface area contributed by atoms with Gasteiger partial charge in [-0.25, -0.2) is 9.18 Å². The third kappa shape index (κ3) is 2.80. The summed E-state index contributed by atoms with van der Waals surface area (Å²) >= 11 is 5.60. The van der Waals surface area contributed by atoms with Crippen LogP contribution >= 0.6 is 11.6 Å². The highest BCUT2D eigenvalue weighted by molar-refractivity contribution is 6.62. The summed E-state index contributed by atoms with van der Waals surface area (Å²) in [5, 5.41) is 15.2. The van der Waals surface area contributed by atoms with Crippen LogP contribution in [0.2, 0.25) is 0 Å². The summed E-state index contributed by atoms with van der Waals surface area (Å²) in [6, 6.07) is 4.77. The van der Waals surface area contributed by atoms with Gasteiger partial charge in [0.25, 0.3) is 5.91 Å². The summed E-state index contributed by atoms with van der Waals surface area (Å²) in [4.78, 5) is 36.9. The Morgan fingerprint density at radius 2 is 1.88 bits per heavy atom. The number of hydrogen-bond donors (Lipinski definition) is 2. The molecule has 1 aromatic heterocycles. The van der Waals surface area contributed by atoms with Crippen molar-refractivity contribution in [3.8, 4) is 0 Å². The van der Waals surface area contributed by atoms with E-state index in [1.807, 2.05) is 0 Å². The van der Waals surface area contributed by atoms with Crippen LogP contribution in [0.4, 0.5) is 19.8 Å². The lowest BCUT2D eigenvalue weighted by molar-refractivity contribution is 0.102. The molecule has 2 heterocycles. The first-order valence-corrected chi connectivity index (χ1v) is 7.90. The topological polar surface area (TPSA) is 105 Å². The second kappa shape index (κ2) is 6.10. The SMILES string of the molecule is CC1(C)c2nn(C(=O)O)c(NC(=O)c3ccc(F)cc3)c2CN1C(=O)Cl.